The molecule has 2 aliphatic heterocycles. The summed E-state index contributed by atoms with van der Waals surface area (Å²) in [5.41, 5.74) is 3.89. The van der Waals surface area contributed by atoms with Gasteiger partial charge < -0.3 is 24.7 Å². The summed E-state index contributed by atoms with van der Waals surface area (Å²) in [6.45, 7) is 2.38. The number of nitrogens with one attached hydrogen (secondary N) is 2. The molecule has 3 aromatic carbocycles. The minimum absolute atomic E-state index is 0.00469. The normalized spacial score (nSPS) is 17.4. The van der Waals surface area contributed by atoms with Crippen molar-refractivity contribution < 1.29 is 18.3 Å². The third-order valence-corrected chi connectivity index (χ3v) is 6.23. The summed E-state index contributed by atoms with van der Waals surface area (Å²) >= 11 is 0. The number of rotatable bonds is 5. The van der Waals surface area contributed by atoms with Gasteiger partial charge in [0.15, 0.2) is 0 Å². The maximum absolute atomic E-state index is 14.9. The zero-order valence-corrected chi connectivity index (χ0v) is 19.7. The Hall–Kier alpha value is -4.57. The molecular weight excluding hydrogens is 475 g/mol. The SMILES string of the molecule is O=C1Nc2ccccc2C(c2ccccc2)=NC1Nc1nnc(-c2ccc(N3CCOCC3)c(F)c2)o1. The van der Waals surface area contributed by atoms with Crippen LogP contribution in [0.4, 0.5) is 21.8 Å². The van der Waals surface area contributed by atoms with Crippen LogP contribution >= 0.6 is 0 Å². The molecule has 1 fully saturated rings. The molecule has 9 nitrogen and oxygen atoms in total. The zero-order valence-electron chi connectivity index (χ0n) is 19.7. The number of aromatic nitrogens is 2. The minimum Gasteiger partial charge on any atom is -0.403 e. The molecule has 0 spiro atoms. The van der Waals surface area contributed by atoms with Crippen molar-refractivity contribution in [3.63, 3.8) is 0 Å². The van der Waals surface area contributed by atoms with Gasteiger partial charge in [-0.25, -0.2) is 9.38 Å². The number of nitrogens with zero attached hydrogens (tertiary/aromatic N) is 4. The number of carbonyl (C=O) groups is 1. The van der Waals surface area contributed by atoms with Crippen molar-refractivity contribution in [2.45, 2.75) is 6.17 Å². The van der Waals surface area contributed by atoms with E-state index in [1.54, 1.807) is 12.1 Å². The largest absolute Gasteiger partial charge is 0.403 e. The second kappa shape index (κ2) is 9.82. The fraction of sp³-hybridized carbons (Fsp3) is 0.185. The van der Waals surface area contributed by atoms with Gasteiger partial charge in [0.1, 0.15) is 5.82 Å². The number of anilines is 3. The molecule has 4 aromatic rings. The van der Waals surface area contributed by atoms with E-state index in [0.717, 1.165) is 11.1 Å². The molecule has 1 saturated heterocycles. The predicted molar refractivity (Wildman–Crippen MR) is 137 cm³/mol. The molecule has 0 saturated carbocycles. The van der Waals surface area contributed by atoms with Crippen LogP contribution in [0.2, 0.25) is 0 Å². The molecule has 0 bridgehead atoms. The Morgan fingerprint density at radius 1 is 0.946 bits per heavy atom. The standard InChI is InChI=1S/C27H23FN6O3/c28-20-16-18(10-11-22(20)34-12-14-36-15-13-34)26-32-33-27(37-26)31-24-25(35)29-21-9-5-4-8-19(21)23(30-24)17-6-2-1-3-7-17/h1-11,16,24H,12-15H2,(H,29,35)(H,31,33). The first-order chi connectivity index (χ1) is 18.2. The fourth-order valence-electron chi connectivity index (χ4n) is 4.40. The molecule has 2 aliphatic rings. The van der Waals surface area contributed by atoms with Gasteiger partial charge in [0.2, 0.25) is 12.1 Å². The second-order valence-corrected chi connectivity index (χ2v) is 8.60. The molecule has 1 atom stereocenters. The minimum atomic E-state index is -1.03. The first kappa shape index (κ1) is 22.9. The van der Waals surface area contributed by atoms with Crippen LogP contribution in [0.1, 0.15) is 11.1 Å². The molecule has 0 radical (unpaired) electrons. The van der Waals surface area contributed by atoms with Gasteiger partial charge in [-0.1, -0.05) is 53.6 Å². The summed E-state index contributed by atoms with van der Waals surface area (Å²) in [6, 6.07) is 21.9. The number of amides is 1. The van der Waals surface area contributed by atoms with Crippen molar-refractivity contribution in [3.8, 4) is 11.5 Å². The highest BCUT2D eigenvalue weighted by Gasteiger charge is 2.27. The third-order valence-electron chi connectivity index (χ3n) is 6.23. The molecule has 0 aliphatic carbocycles. The van der Waals surface area contributed by atoms with Crippen LogP contribution in [0.15, 0.2) is 82.2 Å². The van der Waals surface area contributed by atoms with Gasteiger partial charge in [0.05, 0.1) is 30.3 Å². The number of benzene rings is 3. The number of ether oxygens (including phenoxy) is 1. The van der Waals surface area contributed by atoms with Crippen LogP contribution in [0.3, 0.4) is 0 Å². The van der Waals surface area contributed by atoms with Gasteiger partial charge in [-0.05, 0) is 24.3 Å². The van der Waals surface area contributed by atoms with E-state index >= 15 is 0 Å². The van der Waals surface area contributed by atoms with Gasteiger partial charge >= 0.3 is 6.01 Å². The van der Waals surface area contributed by atoms with E-state index in [4.69, 9.17) is 14.1 Å². The molecule has 186 valence electrons. The molecule has 10 heteroatoms. The first-order valence-electron chi connectivity index (χ1n) is 11.9. The van der Waals surface area contributed by atoms with Gasteiger partial charge in [0.25, 0.3) is 5.91 Å². The number of hydrogen-bond donors (Lipinski definition) is 2. The first-order valence-corrected chi connectivity index (χ1v) is 11.9. The Kier molecular flexibility index (Phi) is 6.07. The molecule has 6 rings (SSSR count). The predicted octanol–water partition coefficient (Wildman–Crippen LogP) is 3.94. The summed E-state index contributed by atoms with van der Waals surface area (Å²) in [4.78, 5) is 19.7. The van der Waals surface area contributed by atoms with E-state index in [2.05, 4.69) is 20.8 Å². The molecule has 37 heavy (non-hydrogen) atoms. The number of carbonyl (C=O) groups excluding carboxylic acids is 1. The lowest BCUT2D eigenvalue weighted by molar-refractivity contribution is -0.116. The lowest BCUT2D eigenvalue weighted by Crippen LogP contribution is -2.36. The van der Waals surface area contributed by atoms with Crippen molar-refractivity contribution in [3.05, 3.63) is 89.7 Å². The van der Waals surface area contributed by atoms with Crippen molar-refractivity contribution in [2.75, 3.05) is 41.8 Å². The smallest absolute Gasteiger partial charge is 0.317 e. The number of aliphatic imine (C=N–C) groups is 1. The van der Waals surface area contributed by atoms with Gasteiger partial charge in [-0.2, -0.15) is 0 Å². The Balaban J connectivity index is 1.27. The van der Waals surface area contributed by atoms with Crippen molar-refractivity contribution >= 4 is 29.0 Å². The zero-order chi connectivity index (χ0) is 25.2. The Bertz CT molecular complexity index is 1470. The number of fused-ring (bicyclic) bond motifs is 1. The maximum Gasteiger partial charge on any atom is 0.317 e. The van der Waals surface area contributed by atoms with Crippen molar-refractivity contribution in [1.29, 1.82) is 0 Å². The van der Waals surface area contributed by atoms with Gasteiger partial charge in [-0.15, -0.1) is 5.10 Å². The number of hydrogen-bond acceptors (Lipinski definition) is 8. The highest BCUT2D eigenvalue weighted by Crippen LogP contribution is 2.28. The number of morpholine rings is 1. The lowest BCUT2D eigenvalue weighted by Gasteiger charge is -2.29. The summed E-state index contributed by atoms with van der Waals surface area (Å²) < 4.78 is 26.0. The van der Waals surface area contributed by atoms with Crippen LogP contribution in [0, 0.1) is 5.82 Å². The van der Waals surface area contributed by atoms with E-state index in [1.165, 1.54) is 6.07 Å². The molecule has 2 N–H and O–H groups in total. The van der Waals surface area contributed by atoms with Crippen LogP contribution in [-0.4, -0.2) is 54.3 Å². The van der Waals surface area contributed by atoms with Gasteiger partial charge in [-0.3, -0.25) is 4.79 Å². The molecular formula is C27H23FN6O3. The third kappa shape index (κ3) is 4.66. The van der Waals surface area contributed by atoms with E-state index in [1.807, 2.05) is 59.5 Å². The summed E-state index contributed by atoms with van der Waals surface area (Å²) in [7, 11) is 0. The van der Waals surface area contributed by atoms with E-state index in [-0.39, 0.29) is 23.6 Å². The van der Waals surface area contributed by atoms with Gasteiger partial charge in [0, 0.05) is 29.8 Å². The Morgan fingerprint density at radius 3 is 2.54 bits per heavy atom. The fourth-order valence-corrected chi connectivity index (χ4v) is 4.40. The summed E-state index contributed by atoms with van der Waals surface area (Å²) in [6.07, 6.45) is -1.03. The van der Waals surface area contributed by atoms with Crippen LogP contribution in [-0.2, 0) is 9.53 Å². The van der Waals surface area contributed by atoms with Crippen LogP contribution < -0.4 is 15.5 Å². The quantitative estimate of drug-likeness (QED) is 0.429. The van der Waals surface area contributed by atoms with Crippen molar-refractivity contribution in [1.82, 2.24) is 10.2 Å². The summed E-state index contributed by atoms with van der Waals surface area (Å²) in [5, 5.41) is 13.9. The molecule has 1 amide bonds. The monoisotopic (exact) mass is 498 g/mol. The number of para-hydroxylation sites is 1. The van der Waals surface area contributed by atoms with E-state index in [0.29, 0.717) is 49.0 Å². The highest BCUT2D eigenvalue weighted by molar-refractivity contribution is 6.19. The lowest BCUT2D eigenvalue weighted by atomic mass is 10.0. The second-order valence-electron chi connectivity index (χ2n) is 8.60. The Morgan fingerprint density at radius 2 is 1.73 bits per heavy atom. The molecule has 1 aromatic heterocycles. The average molecular weight is 499 g/mol. The van der Waals surface area contributed by atoms with E-state index < -0.39 is 6.17 Å². The number of benzodiazepines with no additional fused rings is 1. The summed E-state index contributed by atoms with van der Waals surface area (Å²) in [5.74, 6) is -0.635. The highest BCUT2D eigenvalue weighted by atomic mass is 19.1. The number of halogens is 1. The van der Waals surface area contributed by atoms with E-state index in [9.17, 15) is 9.18 Å². The Labute approximate surface area is 212 Å². The van der Waals surface area contributed by atoms with Crippen LogP contribution in [0.5, 0.6) is 0 Å². The maximum atomic E-state index is 14.9. The van der Waals surface area contributed by atoms with Crippen molar-refractivity contribution in [2.24, 2.45) is 4.99 Å². The topological polar surface area (TPSA) is 105 Å². The molecule has 1 unspecified atom stereocenters. The molecule has 3 heterocycles. The average Bonchev–Trinajstić information content (AvgIpc) is 3.35. The van der Waals surface area contributed by atoms with Crippen LogP contribution in [0.25, 0.3) is 11.5 Å².